The van der Waals surface area contributed by atoms with Gasteiger partial charge in [-0.25, -0.2) is 0 Å². The highest BCUT2D eigenvalue weighted by Gasteiger charge is 2.16. The van der Waals surface area contributed by atoms with Gasteiger partial charge >= 0.3 is 0 Å². The van der Waals surface area contributed by atoms with E-state index in [1.807, 2.05) is 38.1 Å². The lowest BCUT2D eigenvalue weighted by molar-refractivity contribution is -0.881. The van der Waals surface area contributed by atoms with E-state index in [4.69, 9.17) is 0 Å². The van der Waals surface area contributed by atoms with Crippen LogP contribution in [0.15, 0.2) is 52.3 Å². The first-order valence-corrected chi connectivity index (χ1v) is 10.5. The molecule has 2 rings (SSSR count). The number of benzene rings is 2. The maximum absolute atomic E-state index is 12.3. The summed E-state index contributed by atoms with van der Waals surface area (Å²) in [4.78, 5) is 27.3. The first-order valence-electron chi connectivity index (χ1n) is 9.66. The van der Waals surface area contributed by atoms with E-state index < -0.39 is 0 Å². The maximum Gasteiger partial charge on any atom is 0.279 e. The molecule has 0 radical (unpaired) electrons. The number of carbonyl (C=O) groups is 2. The molecular formula is C22H30N3O2S+. The van der Waals surface area contributed by atoms with Gasteiger partial charge < -0.3 is 15.5 Å². The fraction of sp³-hybridized carbons (Fsp3) is 0.364. The van der Waals surface area contributed by atoms with Gasteiger partial charge in [-0.1, -0.05) is 17.8 Å². The summed E-state index contributed by atoms with van der Waals surface area (Å²) in [7, 11) is 0. The molecule has 0 aliphatic carbocycles. The standard InChI is InChI=1S/C22H29N3O2S/c1-5-23-21(26)14-25(6-2)15-22(27)24-18-8-11-19(12-9-18)28-20-10-7-16(3)17(4)13-20/h7-13H,5-6,14-15H2,1-4H3,(H,23,26)(H,24,27)/p+1. The zero-order chi connectivity index (χ0) is 20.5. The van der Waals surface area contributed by atoms with Crippen LogP contribution < -0.4 is 15.5 Å². The lowest BCUT2D eigenvalue weighted by atomic mass is 10.1. The second-order valence-electron chi connectivity index (χ2n) is 6.83. The van der Waals surface area contributed by atoms with E-state index in [2.05, 4.69) is 42.7 Å². The predicted octanol–water partition coefficient (Wildman–Crippen LogP) is 2.43. The van der Waals surface area contributed by atoms with Gasteiger partial charge in [0, 0.05) is 22.0 Å². The fourth-order valence-corrected chi connectivity index (χ4v) is 3.67. The average Bonchev–Trinajstić information content (AvgIpc) is 2.66. The summed E-state index contributed by atoms with van der Waals surface area (Å²) in [5.41, 5.74) is 3.34. The molecule has 1 atom stereocenters. The summed E-state index contributed by atoms with van der Waals surface area (Å²) < 4.78 is 0. The number of anilines is 1. The smallest absolute Gasteiger partial charge is 0.279 e. The molecule has 1 unspecified atom stereocenters. The van der Waals surface area contributed by atoms with E-state index in [9.17, 15) is 9.59 Å². The minimum absolute atomic E-state index is 0.0279. The minimum Gasteiger partial charge on any atom is -0.351 e. The average molecular weight is 401 g/mol. The summed E-state index contributed by atoms with van der Waals surface area (Å²) in [6, 6.07) is 14.3. The molecule has 0 aromatic heterocycles. The van der Waals surface area contributed by atoms with Gasteiger partial charge in [0.25, 0.3) is 11.8 Å². The van der Waals surface area contributed by atoms with Crippen molar-refractivity contribution in [2.24, 2.45) is 0 Å². The van der Waals surface area contributed by atoms with Crippen molar-refractivity contribution in [1.82, 2.24) is 5.32 Å². The Morgan fingerprint density at radius 1 is 0.893 bits per heavy atom. The number of carbonyl (C=O) groups excluding carboxylic acids is 2. The predicted molar refractivity (Wildman–Crippen MR) is 115 cm³/mol. The quantitative estimate of drug-likeness (QED) is 0.606. The number of likely N-dealkylation sites (N-methyl/N-ethyl adjacent to an activating group) is 2. The molecule has 0 aliphatic heterocycles. The zero-order valence-electron chi connectivity index (χ0n) is 17.1. The van der Waals surface area contributed by atoms with Crippen LogP contribution in [-0.2, 0) is 9.59 Å². The minimum atomic E-state index is -0.0873. The van der Waals surface area contributed by atoms with Crippen LogP contribution in [0, 0.1) is 13.8 Å². The monoisotopic (exact) mass is 400 g/mol. The Balaban J connectivity index is 1.89. The van der Waals surface area contributed by atoms with Crippen LogP contribution in [0.1, 0.15) is 25.0 Å². The molecule has 2 aromatic rings. The molecule has 150 valence electrons. The summed E-state index contributed by atoms with van der Waals surface area (Å²) in [5, 5.41) is 5.69. The van der Waals surface area contributed by atoms with Gasteiger partial charge in [-0.15, -0.1) is 0 Å². The Labute approximate surface area is 171 Å². The van der Waals surface area contributed by atoms with Crippen LogP contribution >= 0.6 is 11.8 Å². The summed E-state index contributed by atoms with van der Waals surface area (Å²) in [5.74, 6) is -0.115. The van der Waals surface area contributed by atoms with Gasteiger partial charge in [0.2, 0.25) is 0 Å². The molecule has 2 aromatic carbocycles. The molecule has 3 N–H and O–H groups in total. The highest BCUT2D eigenvalue weighted by molar-refractivity contribution is 7.99. The summed E-state index contributed by atoms with van der Waals surface area (Å²) in [6.07, 6.45) is 0. The Hall–Kier alpha value is -2.31. The Kier molecular flexibility index (Phi) is 8.54. The number of nitrogens with one attached hydrogen (secondary N) is 3. The zero-order valence-corrected chi connectivity index (χ0v) is 17.9. The van der Waals surface area contributed by atoms with Crippen molar-refractivity contribution in [2.45, 2.75) is 37.5 Å². The van der Waals surface area contributed by atoms with E-state index in [0.717, 1.165) is 22.0 Å². The molecule has 2 amide bonds. The largest absolute Gasteiger partial charge is 0.351 e. The van der Waals surface area contributed by atoms with Crippen LogP contribution in [0.25, 0.3) is 0 Å². The van der Waals surface area contributed by atoms with E-state index >= 15 is 0 Å². The molecule has 0 heterocycles. The number of hydrogen-bond acceptors (Lipinski definition) is 3. The Bertz CT molecular complexity index is 806. The van der Waals surface area contributed by atoms with Crippen LogP contribution in [0.5, 0.6) is 0 Å². The lowest BCUT2D eigenvalue weighted by Gasteiger charge is -2.16. The maximum atomic E-state index is 12.3. The van der Waals surface area contributed by atoms with Crippen LogP contribution in [0.4, 0.5) is 5.69 Å². The van der Waals surface area contributed by atoms with Gasteiger partial charge in [0.1, 0.15) is 0 Å². The van der Waals surface area contributed by atoms with Crippen molar-refractivity contribution in [3.05, 3.63) is 53.6 Å². The molecular weight excluding hydrogens is 370 g/mol. The molecule has 0 aliphatic rings. The third kappa shape index (κ3) is 7.02. The van der Waals surface area contributed by atoms with Crippen molar-refractivity contribution >= 4 is 29.3 Å². The third-order valence-corrected chi connectivity index (χ3v) is 5.54. The van der Waals surface area contributed by atoms with Crippen molar-refractivity contribution < 1.29 is 14.5 Å². The number of amides is 2. The van der Waals surface area contributed by atoms with Gasteiger partial charge in [0.05, 0.1) is 6.54 Å². The van der Waals surface area contributed by atoms with E-state index in [-0.39, 0.29) is 18.4 Å². The van der Waals surface area contributed by atoms with Gasteiger partial charge in [0.15, 0.2) is 13.1 Å². The Morgan fingerprint density at radius 2 is 1.54 bits per heavy atom. The van der Waals surface area contributed by atoms with E-state index in [1.165, 1.54) is 16.0 Å². The molecule has 0 fully saturated rings. The first kappa shape index (κ1) is 22.0. The topological polar surface area (TPSA) is 62.6 Å². The highest BCUT2D eigenvalue weighted by atomic mass is 32.2. The second kappa shape index (κ2) is 10.9. The number of quaternary nitrogens is 1. The molecule has 0 saturated heterocycles. The van der Waals surface area contributed by atoms with Gasteiger partial charge in [-0.2, -0.15) is 0 Å². The number of aryl methyl sites for hydroxylation is 2. The molecule has 0 saturated carbocycles. The van der Waals surface area contributed by atoms with Crippen LogP contribution in [0.2, 0.25) is 0 Å². The van der Waals surface area contributed by atoms with Crippen molar-refractivity contribution in [3.8, 4) is 0 Å². The van der Waals surface area contributed by atoms with Crippen LogP contribution in [0.3, 0.4) is 0 Å². The second-order valence-corrected chi connectivity index (χ2v) is 7.98. The van der Waals surface area contributed by atoms with E-state index in [0.29, 0.717) is 13.1 Å². The van der Waals surface area contributed by atoms with E-state index in [1.54, 1.807) is 11.8 Å². The summed E-state index contributed by atoms with van der Waals surface area (Å²) in [6.45, 7) is 9.99. The molecule has 6 heteroatoms. The lowest BCUT2D eigenvalue weighted by Crippen LogP contribution is -3.14. The normalized spacial score (nSPS) is 11.7. The third-order valence-electron chi connectivity index (χ3n) is 4.55. The number of rotatable bonds is 9. The first-order chi connectivity index (χ1) is 13.4. The van der Waals surface area contributed by atoms with Gasteiger partial charge in [-0.05, 0) is 75.2 Å². The molecule has 5 nitrogen and oxygen atoms in total. The van der Waals surface area contributed by atoms with Crippen molar-refractivity contribution in [2.75, 3.05) is 31.5 Å². The Morgan fingerprint density at radius 3 is 2.14 bits per heavy atom. The molecule has 0 bridgehead atoms. The highest BCUT2D eigenvalue weighted by Crippen LogP contribution is 2.29. The van der Waals surface area contributed by atoms with Crippen LogP contribution in [-0.4, -0.2) is 38.0 Å². The molecule has 0 spiro atoms. The summed E-state index contributed by atoms with van der Waals surface area (Å²) >= 11 is 1.70. The van der Waals surface area contributed by atoms with Crippen molar-refractivity contribution in [3.63, 3.8) is 0 Å². The fourth-order valence-electron chi connectivity index (χ4n) is 2.75. The molecule has 28 heavy (non-hydrogen) atoms. The van der Waals surface area contributed by atoms with Crippen molar-refractivity contribution in [1.29, 1.82) is 0 Å². The SMILES string of the molecule is CCNC(=O)C[NH+](CC)CC(=O)Nc1ccc(Sc2ccc(C)c(C)c2)cc1. The number of hydrogen-bond donors (Lipinski definition) is 3. The van der Waals surface area contributed by atoms with Gasteiger partial charge in [-0.3, -0.25) is 9.59 Å².